The predicted octanol–water partition coefficient (Wildman–Crippen LogP) is 3.21. The van der Waals surface area contributed by atoms with Gasteiger partial charge in [0.05, 0.1) is 12.1 Å². The molecule has 170 valence electrons. The molecule has 0 spiro atoms. The number of fused-ring (bicyclic) bond motifs is 2. The van der Waals surface area contributed by atoms with Gasteiger partial charge in [-0.25, -0.2) is 0 Å². The van der Waals surface area contributed by atoms with E-state index in [0.717, 1.165) is 36.0 Å². The molecule has 2 aromatic carbocycles. The van der Waals surface area contributed by atoms with Gasteiger partial charge in [-0.2, -0.15) is 0 Å². The third-order valence-corrected chi connectivity index (χ3v) is 6.79. The number of aryl methyl sites for hydroxylation is 1. The molecule has 6 nitrogen and oxygen atoms in total. The van der Waals surface area contributed by atoms with Gasteiger partial charge in [-0.15, -0.1) is 0 Å². The highest BCUT2D eigenvalue weighted by molar-refractivity contribution is 5.91. The van der Waals surface area contributed by atoms with Crippen LogP contribution < -0.4 is 11.1 Å². The normalized spacial score (nSPS) is 21.3. The number of nitrogens with one attached hydrogen (secondary N) is 1. The first-order valence-corrected chi connectivity index (χ1v) is 11.4. The van der Waals surface area contributed by atoms with E-state index >= 15 is 0 Å². The molecular weight excluding hydrogens is 402 g/mol. The topological polar surface area (TPSA) is 95.7 Å². The third-order valence-electron chi connectivity index (χ3n) is 6.79. The van der Waals surface area contributed by atoms with Crippen LogP contribution >= 0.6 is 0 Å². The summed E-state index contributed by atoms with van der Waals surface area (Å²) in [6, 6.07) is 12.0. The highest BCUT2D eigenvalue weighted by Gasteiger charge is 2.40. The fourth-order valence-corrected chi connectivity index (χ4v) is 4.76. The molecule has 0 bridgehead atoms. The minimum absolute atomic E-state index is 0.0538. The van der Waals surface area contributed by atoms with Gasteiger partial charge in [0.2, 0.25) is 11.8 Å². The summed E-state index contributed by atoms with van der Waals surface area (Å²) in [6.45, 7) is 6.03. The zero-order valence-corrected chi connectivity index (χ0v) is 19.1. The molecule has 1 aliphatic carbocycles. The lowest BCUT2D eigenvalue weighted by molar-refractivity contribution is -0.145. The van der Waals surface area contributed by atoms with Crippen molar-refractivity contribution in [2.75, 3.05) is 0 Å². The molecule has 1 heterocycles. The number of carbonyl (C=O) groups is 2. The smallest absolute Gasteiger partial charge is 0.243 e. The van der Waals surface area contributed by atoms with Crippen molar-refractivity contribution in [2.45, 2.75) is 71.1 Å². The zero-order chi connectivity index (χ0) is 23.0. The Labute approximate surface area is 189 Å². The van der Waals surface area contributed by atoms with E-state index in [1.165, 1.54) is 5.56 Å². The van der Waals surface area contributed by atoms with Crippen LogP contribution in [0.5, 0.6) is 5.75 Å². The van der Waals surface area contributed by atoms with Crippen molar-refractivity contribution < 1.29 is 14.7 Å². The van der Waals surface area contributed by atoms with E-state index in [4.69, 9.17) is 5.73 Å². The van der Waals surface area contributed by atoms with Gasteiger partial charge < -0.3 is 21.1 Å². The van der Waals surface area contributed by atoms with E-state index in [9.17, 15) is 14.7 Å². The van der Waals surface area contributed by atoms with Gasteiger partial charge >= 0.3 is 0 Å². The van der Waals surface area contributed by atoms with E-state index in [1.54, 1.807) is 17.0 Å². The van der Waals surface area contributed by atoms with Crippen LogP contribution in [0.4, 0.5) is 0 Å². The standard InChI is InChI=1S/C26H33N3O3/c1-26(2,3)23(27)25(32)29-15-18-13-19(30)12-11-17(18)14-22(29)24(31)28-21-10-6-8-16-7-4-5-9-20(16)21/h4-5,7,9,11-13,21-23,30H,6,8,10,14-15,27H2,1-3H3,(H,28,31)/t21-,22+,23?/m1/s1. The number of nitrogens with two attached hydrogens (primary N) is 1. The number of rotatable bonds is 3. The first-order chi connectivity index (χ1) is 15.1. The molecule has 0 fully saturated rings. The second-order valence-electron chi connectivity index (χ2n) is 10.1. The fourth-order valence-electron chi connectivity index (χ4n) is 4.76. The predicted molar refractivity (Wildman–Crippen MR) is 124 cm³/mol. The van der Waals surface area contributed by atoms with Gasteiger partial charge in [-0.1, -0.05) is 51.1 Å². The van der Waals surface area contributed by atoms with Crippen molar-refractivity contribution in [2.24, 2.45) is 11.1 Å². The Morgan fingerprint density at radius 3 is 2.62 bits per heavy atom. The van der Waals surface area contributed by atoms with Crippen molar-refractivity contribution in [3.63, 3.8) is 0 Å². The number of aromatic hydroxyl groups is 1. The van der Waals surface area contributed by atoms with Crippen LogP contribution in [-0.2, 0) is 29.0 Å². The summed E-state index contributed by atoms with van der Waals surface area (Å²) in [7, 11) is 0. The van der Waals surface area contributed by atoms with Gasteiger partial charge in [0.1, 0.15) is 11.8 Å². The quantitative estimate of drug-likeness (QED) is 0.690. The van der Waals surface area contributed by atoms with Crippen molar-refractivity contribution in [3.05, 3.63) is 64.7 Å². The number of hydrogen-bond acceptors (Lipinski definition) is 4. The van der Waals surface area contributed by atoms with Gasteiger partial charge in [0.25, 0.3) is 0 Å². The average molecular weight is 436 g/mol. The molecule has 0 aromatic heterocycles. The Morgan fingerprint density at radius 2 is 1.88 bits per heavy atom. The summed E-state index contributed by atoms with van der Waals surface area (Å²) in [4.78, 5) is 28.5. The molecule has 2 amide bonds. The SMILES string of the molecule is CC(C)(C)C(N)C(=O)N1Cc2cc(O)ccc2C[C@H]1C(=O)N[C@@H]1CCCc2ccccc21. The largest absolute Gasteiger partial charge is 0.508 e. The third kappa shape index (κ3) is 4.37. The zero-order valence-electron chi connectivity index (χ0n) is 19.1. The lowest BCUT2D eigenvalue weighted by Crippen LogP contribution is -2.59. The van der Waals surface area contributed by atoms with Gasteiger partial charge in [-0.05, 0) is 59.1 Å². The first-order valence-electron chi connectivity index (χ1n) is 11.4. The Hall–Kier alpha value is -2.86. The second-order valence-corrected chi connectivity index (χ2v) is 10.1. The van der Waals surface area contributed by atoms with Crippen LogP contribution in [0, 0.1) is 5.41 Å². The minimum Gasteiger partial charge on any atom is -0.508 e. The van der Waals surface area contributed by atoms with E-state index in [-0.39, 0.29) is 30.2 Å². The summed E-state index contributed by atoms with van der Waals surface area (Å²) >= 11 is 0. The molecule has 2 aromatic rings. The number of carbonyl (C=O) groups excluding carboxylic acids is 2. The van der Waals surface area contributed by atoms with Gasteiger partial charge in [0, 0.05) is 13.0 Å². The Morgan fingerprint density at radius 1 is 1.12 bits per heavy atom. The lowest BCUT2D eigenvalue weighted by Gasteiger charge is -2.40. The Bertz CT molecular complexity index is 1030. The number of nitrogens with zero attached hydrogens (tertiary/aromatic N) is 1. The maximum absolute atomic E-state index is 13.5. The monoisotopic (exact) mass is 435 g/mol. The maximum Gasteiger partial charge on any atom is 0.243 e. The average Bonchev–Trinajstić information content (AvgIpc) is 2.76. The summed E-state index contributed by atoms with van der Waals surface area (Å²) in [5.41, 5.74) is 10.1. The van der Waals surface area contributed by atoms with Gasteiger partial charge in [-0.3, -0.25) is 9.59 Å². The maximum atomic E-state index is 13.5. The molecule has 32 heavy (non-hydrogen) atoms. The van der Waals surface area contributed by atoms with E-state index in [0.29, 0.717) is 6.42 Å². The highest BCUT2D eigenvalue weighted by atomic mass is 16.3. The molecule has 1 unspecified atom stereocenters. The molecular formula is C26H33N3O3. The number of benzene rings is 2. The summed E-state index contributed by atoms with van der Waals surface area (Å²) < 4.78 is 0. The van der Waals surface area contributed by atoms with E-state index < -0.39 is 17.5 Å². The van der Waals surface area contributed by atoms with Crippen LogP contribution in [0.2, 0.25) is 0 Å². The molecule has 4 N–H and O–H groups in total. The van der Waals surface area contributed by atoms with Crippen LogP contribution in [0.25, 0.3) is 0 Å². The first kappa shape index (κ1) is 22.3. The van der Waals surface area contributed by atoms with Crippen molar-refractivity contribution in [1.82, 2.24) is 10.2 Å². The molecule has 0 saturated carbocycles. The Balaban J connectivity index is 1.62. The van der Waals surface area contributed by atoms with Crippen molar-refractivity contribution >= 4 is 11.8 Å². The van der Waals surface area contributed by atoms with Crippen LogP contribution in [0.15, 0.2) is 42.5 Å². The van der Waals surface area contributed by atoms with Crippen LogP contribution in [0.1, 0.15) is 61.9 Å². The number of hydrogen-bond donors (Lipinski definition) is 3. The fraction of sp³-hybridized carbons (Fsp3) is 0.462. The molecule has 6 heteroatoms. The molecule has 0 saturated heterocycles. The van der Waals surface area contributed by atoms with Crippen LogP contribution in [0.3, 0.4) is 0 Å². The molecule has 0 radical (unpaired) electrons. The summed E-state index contributed by atoms with van der Waals surface area (Å²) in [5.74, 6) is -0.242. The van der Waals surface area contributed by atoms with E-state index in [2.05, 4.69) is 17.4 Å². The highest BCUT2D eigenvalue weighted by Crippen LogP contribution is 2.32. The summed E-state index contributed by atoms with van der Waals surface area (Å²) in [6.07, 6.45) is 3.33. The Kier molecular flexibility index (Phi) is 5.99. The summed E-state index contributed by atoms with van der Waals surface area (Å²) in [5, 5.41) is 13.2. The van der Waals surface area contributed by atoms with Gasteiger partial charge in [0.15, 0.2) is 0 Å². The minimum atomic E-state index is -0.730. The molecule has 2 aliphatic rings. The number of phenolic OH excluding ortho intramolecular Hbond substituents is 1. The number of phenols is 1. The molecule has 4 rings (SSSR count). The van der Waals surface area contributed by atoms with E-state index in [1.807, 2.05) is 39.0 Å². The lowest BCUT2D eigenvalue weighted by atomic mass is 9.84. The molecule has 3 atom stereocenters. The van der Waals surface area contributed by atoms with Crippen molar-refractivity contribution in [1.29, 1.82) is 0 Å². The van der Waals surface area contributed by atoms with Crippen LogP contribution in [-0.4, -0.2) is 33.9 Å². The van der Waals surface area contributed by atoms with Crippen molar-refractivity contribution in [3.8, 4) is 5.75 Å². The molecule has 1 aliphatic heterocycles. The second kappa shape index (κ2) is 8.58. The number of amides is 2.